The van der Waals surface area contributed by atoms with Gasteiger partial charge in [0.15, 0.2) is 0 Å². The Morgan fingerprint density at radius 3 is 2.42 bits per heavy atom. The van der Waals surface area contributed by atoms with Crippen molar-refractivity contribution in [1.82, 2.24) is 4.90 Å². The molecule has 0 aliphatic heterocycles. The number of likely N-dealkylation sites (N-methyl/N-ethyl adjacent to an activating group) is 1. The lowest BCUT2D eigenvalue weighted by molar-refractivity contribution is 0.155. The molecule has 0 fully saturated rings. The quantitative estimate of drug-likeness (QED) is 0.639. The van der Waals surface area contributed by atoms with Gasteiger partial charge in [-0.15, -0.1) is 0 Å². The summed E-state index contributed by atoms with van der Waals surface area (Å²) in [6.45, 7) is 6.98. The van der Waals surface area contributed by atoms with Crippen LogP contribution in [0.25, 0.3) is 0 Å². The van der Waals surface area contributed by atoms with E-state index in [4.69, 9.17) is 10.5 Å². The highest BCUT2D eigenvalue weighted by Gasteiger charge is 2.09. The zero-order valence-electron chi connectivity index (χ0n) is 8.71. The van der Waals surface area contributed by atoms with E-state index in [2.05, 4.69) is 25.8 Å². The van der Waals surface area contributed by atoms with Crippen LogP contribution < -0.4 is 5.73 Å². The summed E-state index contributed by atoms with van der Waals surface area (Å²) in [4.78, 5) is 2.20. The van der Waals surface area contributed by atoms with Crippen LogP contribution in [0.1, 0.15) is 13.8 Å². The molecule has 74 valence electrons. The highest BCUT2D eigenvalue weighted by molar-refractivity contribution is 4.68. The first-order valence-electron chi connectivity index (χ1n) is 4.51. The van der Waals surface area contributed by atoms with Crippen molar-refractivity contribution in [3.8, 4) is 0 Å². The van der Waals surface area contributed by atoms with Crippen molar-refractivity contribution in [2.45, 2.75) is 19.9 Å². The van der Waals surface area contributed by atoms with Gasteiger partial charge in [0, 0.05) is 26.2 Å². The standard InChI is InChI=1S/C9H22N2O/c1-8(2)9(10)7-11(3)5-6-12-4/h8-9H,5-7,10H2,1-4H3. The molecule has 0 bridgehead atoms. The Morgan fingerprint density at radius 1 is 1.42 bits per heavy atom. The van der Waals surface area contributed by atoms with Crippen LogP contribution in [0.2, 0.25) is 0 Å². The minimum atomic E-state index is 0.270. The topological polar surface area (TPSA) is 38.5 Å². The van der Waals surface area contributed by atoms with Crippen LogP contribution >= 0.6 is 0 Å². The van der Waals surface area contributed by atoms with Crippen LogP contribution in [-0.4, -0.2) is 44.8 Å². The monoisotopic (exact) mass is 174 g/mol. The second kappa shape index (κ2) is 6.40. The Balaban J connectivity index is 3.47. The van der Waals surface area contributed by atoms with Crippen LogP contribution in [-0.2, 0) is 4.74 Å². The van der Waals surface area contributed by atoms with Crippen LogP contribution in [0.3, 0.4) is 0 Å². The maximum absolute atomic E-state index is 5.91. The number of ether oxygens (including phenoxy) is 1. The third-order valence-corrected chi connectivity index (χ3v) is 2.06. The van der Waals surface area contributed by atoms with Gasteiger partial charge in [0.05, 0.1) is 6.61 Å². The van der Waals surface area contributed by atoms with E-state index < -0.39 is 0 Å². The molecular weight excluding hydrogens is 152 g/mol. The van der Waals surface area contributed by atoms with E-state index in [9.17, 15) is 0 Å². The summed E-state index contributed by atoms with van der Waals surface area (Å²) in [6, 6.07) is 0.270. The number of hydrogen-bond acceptors (Lipinski definition) is 3. The van der Waals surface area contributed by atoms with Crippen molar-refractivity contribution in [3.05, 3.63) is 0 Å². The van der Waals surface area contributed by atoms with Gasteiger partial charge in [0.2, 0.25) is 0 Å². The second-order valence-corrected chi connectivity index (χ2v) is 3.66. The zero-order valence-corrected chi connectivity index (χ0v) is 8.71. The van der Waals surface area contributed by atoms with Crippen LogP contribution in [0, 0.1) is 5.92 Å². The molecule has 1 unspecified atom stereocenters. The van der Waals surface area contributed by atoms with E-state index in [0.717, 1.165) is 19.7 Å². The van der Waals surface area contributed by atoms with Gasteiger partial charge in [0.1, 0.15) is 0 Å². The van der Waals surface area contributed by atoms with Gasteiger partial charge in [-0.3, -0.25) is 0 Å². The summed E-state index contributed by atoms with van der Waals surface area (Å²) in [5, 5.41) is 0. The molecule has 0 aromatic carbocycles. The maximum Gasteiger partial charge on any atom is 0.0589 e. The Morgan fingerprint density at radius 2 is 2.00 bits per heavy atom. The van der Waals surface area contributed by atoms with E-state index in [1.165, 1.54) is 0 Å². The highest BCUT2D eigenvalue weighted by atomic mass is 16.5. The van der Waals surface area contributed by atoms with Crippen molar-refractivity contribution in [2.24, 2.45) is 11.7 Å². The lowest BCUT2D eigenvalue weighted by Gasteiger charge is -2.23. The smallest absolute Gasteiger partial charge is 0.0589 e. The molecule has 2 N–H and O–H groups in total. The van der Waals surface area contributed by atoms with Gasteiger partial charge in [-0.05, 0) is 13.0 Å². The van der Waals surface area contributed by atoms with E-state index in [1.807, 2.05) is 0 Å². The summed E-state index contributed by atoms with van der Waals surface area (Å²) in [6.07, 6.45) is 0. The molecule has 0 heterocycles. The molecule has 0 aliphatic carbocycles. The molecule has 0 aromatic heterocycles. The molecule has 0 saturated heterocycles. The molecule has 0 aromatic rings. The lowest BCUT2D eigenvalue weighted by Crippen LogP contribution is -2.40. The summed E-state index contributed by atoms with van der Waals surface area (Å²) >= 11 is 0. The highest BCUT2D eigenvalue weighted by Crippen LogP contribution is 1.99. The summed E-state index contributed by atoms with van der Waals surface area (Å²) in [5.74, 6) is 0.551. The first-order chi connectivity index (χ1) is 5.57. The molecule has 0 spiro atoms. The van der Waals surface area contributed by atoms with Crippen molar-refractivity contribution in [2.75, 3.05) is 33.9 Å². The Labute approximate surface area is 75.9 Å². The van der Waals surface area contributed by atoms with Gasteiger partial charge in [-0.25, -0.2) is 0 Å². The Bertz CT molecular complexity index is 107. The van der Waals surface area contributed by atoms with Gasteiger partial charge in [0.25, 0.3) is 0 Å². The number of nitrogens with zero attached hydrogens (tertiary/aromatic N) is 1. The molecule has 3 heteroatoms. The second-order valence-electron chi connectivity index (χ2n) is 3.66. The Hall–Kier alpha value is -0.120. The number of hydrogen-bond donors (Lipinski definition) is 1. The fourth-order valence-corrected chi connectivity index (χ4v) is 0.909. The van der Waals surface area contributed by atoms with E-state index in [1.54, 1.807) is 7.11 Å². The minimum Gasteiger partial charge on any atom is -0.383 e. The third kappa shape index (κ3) is 5.52. The van der Waals surface area contributed by atoms with Crippen LogP contribution in [0.5, 0.6) is 0 Å². The predicted octanol–water partition coefficient (Wildman–Crippen LogP) is 0.548. The fourth-order valence-electron chi connectivity index (χ4n) is 0.909. The third-order valence-electron chi connectivity index (χ3n) is 2.06. The van der Waals surface area contributed by atoms with Crippen LogP contribution in [0.15, 0.2) is 0 Å². The molecular formula is C9H22N2O. The average molecular weight is 174 g/mol. The predicted molar refractivity (Wildman–Crippen MR) is 52.2 cm³/mol. The molecule has 3 nitrogen and oxygen atoms in total. The normalized spacial score (nSPS) is 14.2. The maximum atomic E-state index is 5.91. The SMILES string of the molecule is COCCN(C)CC(N)C(C)C. The molecule has 0 radical (unpaired) electrons. The molecule has 0 aliphatic rings. The molecule has 0 rings (SSSR count). The van der Waals surface area contributed by atoms with Gasteiger partial charge >= 0.3 is 0 Å². The van der Waals surface area contributed by atoms with Crippen molar-refractivity contribution < 1.29 is 4.74 Å². The van der Waals surface area contributed by atoms with Crippen molar-refractivity contribution in [3.63, 3.8) is 0 Å². The summed E-state index contributed by atoms with van der Waals surface area (Å²) in [7, 11) is 3.79. The van der Waals surface area contributed by atoms with Crippen molar-refractivity contribution in [1.29, 1.82) is 0 Å². The van der Waals surface area contributed by atoms with E-state index in [-0.39, 0.29) is 6.04 Å². The first-order valence-corrected chi connectivity index (χ1v) is 4.51. The molecule has 12 heavy (non-hydrogen) atoms. The minimum absolute atomic E-state index is 0.270. The zero-order chi connectivity index (χ0) is 9.56. The molecule has 0 saturated carbocycles. The van der Waals surface area contributed by atoms with E-state index in [0.29, 0.717) is 5.92 Å². The van der Waals surface area contributed by atoms with E-state index >= 15 is 0 Å². The number of nitrogens with two attached hydrogens (primary N) is 1. The van der Waals surface area contributed by atoms with Gasteiger partial charge in [-0.1, -0.05) is 13.8 Å². The van der Waals surface area contributed by atoms with Gasteiger partial charge in [-0.2, -0.15) is 0 Å². The van der Waals surface area contributed by atoms with Crippen LogP contribution in [0.4, 0.5) is 0 Å². The molecule has 1 atom stereocenters. The molecule has 0 amide bonds. The Kier molecular flexibility index (Phi) is 6.34. The first kappa shape index (κ1) is 11.9. The van der Waals surface area contributed by atoms with Crippen molar-refractivity contribution >= 4 is 0 Å². The average Bonchev–Trinajstić information content (AvgIpc) is 2.00. The summed E-state index contributed by atoms with van der Waals surface area (Å²) in [5.41, 5.74) is 5.91. The van der Waals surface area contributed by atoms with Gasteiger partial charge < -0.3 is 15.4 Å². The lowest BCUT2D eigenvalue weighted by atomic mass is 10.1. The number of rotatable bonds is 6. The number of methoxy groups -OCH3 is 1. The largest absolute Gasteiger partial charge is 0.383 e. The fraction of sp³-hybridized carbons (Fsp3) is 1.00. The summed E-state index contributed by atoms with van der Waals surface area (Å²) < 4.78 is 4.97.